The van der Waals surface area contributed by atoms with Crippen LogP contribution in [0.4, 0.5) is 0 Å². The number of carboxylic acids is 1. The number of thiol groups is 2. The van der Waals surface area contributed by atoms with Crippen molar-refractivity contribution in [3.05, 3.63) is 35.9 Å². The number of rotatable bonds is 12. The maximum absolute atomic E-state index is 12.8. The third-order valence-electron chi connectivity index (χ3n) is 4.31. The van der Waals surface area contributed by atoms with E-state index in [1.54, 1.807) is 30.3 Å². The standard InChI is InChI=1S/C19H28N4O6S2/c1-10(24)15(23-16(25)12(20)8-30)18(27)21-13(7-11-5-3-2-4-6-11)17(26)22-14(9-31)19(28)29/h2-6,10,12-15,24,30-31H,7-9,20H2,1H3,(H,21,27)(H,22,26)(H,23,25)(H,28,29). The maximum atomic E-state index is 12.8. The Hall–Kier alpha value is -2.28. The van der Waals surface area contributed by atoms with Crippen molar-refractivity contribution in [3.63, 3.8) is 0 Å². The molecule has 0 aliphatic heterocycles. The Morgan fingerprint density at radius 3 is 2.00 bits per heavy atom. The number of hydrogen-bond acceptors (Lipinski definition) is 8. The van der Waals surface area contributed by atoms with E-state index in [1.807, 2.05) is 0 Å². The van der Waals surface area contributed by atoms with Gasteiger partial charge in [-0.05, 0) is 12.5 Å². The van der Waals surface area contributed by atoms with Crippen molar-refractivity contribution in [1.82, 2.24) is 16.0 Å². The minimum atomic E-state index is -1.38. The van der Waals surface area contributed by atoms with Gasteiger partial charge in [0.1, 0.15) is 18.1 Å². The molecule has 3 amide bonds. The third kappa shape index (κ3) is 8.77. The number of amides is 3. The predicted molar refractivity (Wildman–Crippen MR) is 121 cm³/mol. The van der Waals surface area contributed by atoms with Crippen LogP contribution in [-0.4, -0.2) is 75.7 Å². The van der Waals surface area contributed by atoms with Crippen molar-refractivity contribution in [2.24, 2.45) is 5.73 Å². The first kappa shape index (κ1) is 26.8. The molecule has 172 valence electrons. The molecule has 5 atom stereocenters. The van der Waals surface area contributed by atoms with Crippen LogP contribution in [0.3, 0.4) is 0 Å². The van der Waals surface area contributed by atoms with Gasteiger partial charge < -0.3 is 31.9 Å². The highest BCUT2D eigenvalue weighted by atomic mass is 32.1. The molecular weight excluding hydrogens is 444 g/mol. The van der Waals surface area contributed by atoms with E-state index in [0.717, 1.165) is 0 Å². The molecule has 0 bridgehead atoms. The van der Waals surface area contributed by atoms with Crippen molar-refractivity contribution in [3.8, 4) is 0 Å². The zero-order valence-electron chi connectivity index (χ0n) is 16.9. The van der Waals surface area contributed by atoms with Gasteiger partial charge in [-0.25, -0.2) is 4.79 Å². The Morgan fingerprint density at radius 2 is 1.52 bits per heavy atom. The van der Waals surface area contributed by atoms with E-state index >= 15 is 0 Å². The zero-order valence-corrected chi connectivity index (χ0v) is 18.7. The molecule has 1 aromatic rings. The van der Waals surface area contributed by atoms with Crippen molar-refractivity contribution in [1.29, 1.82) is 0 Å². The largest absolute Gasteiger partial charge is 0.480 e. The second-order valence-electron chi connectivity index (χ2n) is 6.85. The maximum Gasteiger partial charge on any atom is 0.327 e. The van der Waals surface area contributed by atoms with E-state index in [0.29, 0.717) is 5.56 Å². The summed E-state index contributed by atoms with van der Waals surface area (Å²) in [5, 5.41) is 26.2. The van der Waals surface area contributed by atoms with Crippen molar-refractivity contribution in [2.75, 3.05) is 11.5 Å². The topological polar surface area (TPSA) is 171 Å². The Balaban J connectivity index is 3.04. The SMILES string of the molecule is CC(O)C(NC(=O)C(N)CS)C(=O)NC(Cc1ccccc1)C(=O)NC(CS)C(=O)O. The molecule has 0 saturated carbocycles. The summed E-state index contributed by atoms with van der Waals surface area (Å²) in [6.07, 6.45) is -1.24. The summed E-state index contributed by atoms with van der Waals surface area (Å²) in [5.41, 5.74) is 6.29. The van der Waals surface area contributed by atoms with E-state index in [9.17, 15) is 24.3 Å². The molecule has 0 saturated heterocycles. The first-order valence-corrected chi connectivity index (χ1v) is 10.7. The van der Waals surface area contributed by atoms with E-state index in [4.69, 9.17) is 10.8 Å². The number of nitrogens with two attached hydrogens (primary N) is 1. The number of carbonyl (C=O) groups is 4. The number of nitrogens with one attached hydrogen (secondary N) is 3. The van der Waals surface area contributed by atoms with Crippen LogP contribution in [0.2, 0.25) is 0 Å². The summed E-state index contributed by atoms with van der Waals surface area (Å²) in [6.45, 7) is 1.30. The molecule has 10 nitrogen and oxygen atoms in total. The van der Waals surface area contributed by atoms with Crippen LogP contribution < -0.4 is 21.7 Å². The lowest BCUT2D eigenvalue weighted by Gasteiger charge is -2.26. The van der Waals surface area contributed by atoms with E-state index < -0.39 is 54.0 Å². The number of aliphatic hydroxyl groups is 1. The Morgan fingerprint density at radius 1 is 0.935 bits per heavy atom. The van der Waals surface area contributed by atoms with Gasteiger partial charge in [0.05, 0.1) is 12.1 Å². The molecule has 0 fully saturated rings. The van der Waals surface area contributed by atoms with Crippen LogP contribution in [0.25, 0.3) is 0 Å². The van der Waals surface area contributed by atoms with Gasteiger partial charge in [-0.3, -0.25) is 14.4 Å². The highest BCUT2D eigenvalue weighted by Crippen LogP contribution is 2.06. The Labute approximate surface area is 191 Å². The molecule has 1 aromatic carbocycles. The fourth-order valence-corrected chi connectivity index (χ4v) is 2.94. The highest BCUT2D eigenvalue weighted by molar-refractivity contribution is 7.80. The van der Waals surface area contributed by atoms with Gasteiger partial charge in [-0.2, -0.15) is 25.3 Å². The quantitative estimate of drug-likeness (QED) is 0.168. The third-order valence-corrected chi connectivity index (χ3v) is 5.07. The minimum absolute atomic E-state index is 0.0271. The van der Waals surface area contributed by atoms with E-state index in [2.05, 4.69) is 41.2 Å². The molecule has 0 aliphatic carbocycles. The highest BCUT2D eigenvalue weighted by Gasteiger charge is 2.32. The van der Waals surface area contributed by atoms with Gasteiger partial charge in [0.15, 0.2) is 0 Å². The first-order valence-electron chi connectivity index (χ1n) is 9.43. The summed E-state index contributed by atoms with van der Waals surface area (Å²) in [4.78, 5) is 48.8. The molecule has 12 heteroatoms. The van der Waals surface area contributed by atoms with Crippen molar-refractivity contribution >= 4 is 48.9 Å². The lowest BCUT2D eigenvalue weighted by molar-refractivity contribution is -0.141. The Kier molecular flexibility index (Phi) is 11.4. The second-order valence-corrected chi connectivity index (χ2v) is 7.58. The molecule has 31 heavy (non-hydrogen) atoms. The normalized spacial score (nSPS) is 15.6. The molecular formula is C19H28N4O6S2. The van der Waals surface area contributed by atoms with E-state index in [1.165, 1.54) is 6.92 Å². The number of carboxylic acid groups (broad SMARTS) is 1. The van der Waals surface area contributed by atoms with Crippen molar-refractivity contribution in [2.45, 2.75) is 43.6 Å². The van der Waals surface area contributed by atoms with Gasteiger partial charge >= 0.3 is 5.97 Å². The molecule has 0 heterocycles. The first-order chi connectivity index (χ1) is 14.6. The van der Waals surface area contributed by atoms with Gasteiger partial charge in [0.25, 0.3) is 0 Å². The van der Waals surface area contributed by atoms with Gasteiger partial charge in [0.2, 0.25) is 17.7 Å². The summed E-state index contributed by atoms with van der Waals surface area (Å²) < 4.78 is 0. The number of hydrogen-bond donors (Lipinski definition) is 8. The van der Waals surface area contributed by atoms with Crippen LogP contribution >= 0.6 is 25.3 Å². The van der Waals surface area contributed by atoms with Crippen LogP contribution in [0.1, 0.15) is 12.5 Å². The fraction of sp³-hybridized carbons (Fsp3) is 0.474. The average molecular weight is 473 g/mol. The summed E-state index contributed by atoms with van der Waals surface area (Å²) in [7, 11) is 0. The molecule has 0 radical (unpaired) electrons. The molecule has 1 rings (SSSR count). The lowest BCUT2D eigenvalue weighted by atomic mass is 10.0. The fourth-order valence-electron chi connectivity index (χ4n) is 2.53. The average Bonchev–Trinajstić information content (AvgIpc) is 2.74. The monoisotopic (exact) mass is 472 g/mol. The van der Waals surface area contributed by atoms with Crippen LogP contribution in [0, 0.1) is 0 Å². The molecule has 0 spiro atoms. The number of benzene rings is 1. The predicted octanol–water partition coefficient (Wildman–Crippen LogP) is -1.66. The summed E-state index contributed by atoms with van der Waals surface area (Å²) >= 11 is 7.83. The van der Waals surface area contributed by atoms with Gasteiger partial charge in [-0.1, -0.05) is 30.3 Å². The summed E-state index contributed by atoms with van der Waals surface area (Å²) in [5.74, 6) is -3.67. The van der Waals surface area contributed by atoms with Crippen LogP contribution in [-0.2, 0) is 25.6 Å². The number of aliphatic hydroxyl groups excluding tert-OH is 1. The van der Waals surface area contributed by atoms with Crippen molar-refractivity contribution < 1.29 is 29.4 Å². The molecule has 0 aliphatic rings. The van der Waals surface area contributed by atoms with Crippen LogP contribution in [0.15, 0.2) is 30.3 Å². The lowest BCUT2D eigenvalue weighted by Crippen LogP contribution is -2.60. The smallest absolute Gasteiger partial charge is 0.327 e. The van der Waals surface area contributed by atoms with Gasteiger partial charge in [-0.15, -0.1) is 0 Å². The van der Waals surface area contributed by atoms with E-state index in [-0.39, 0.29) is 17.9 Å². The number of carbonyl (C=O) groups excluding carboxylic acids is 3. The number of aliphatic carboxylic acids is 1. The zero-order chi connectivity index (χ0) is 23.6. The summed E-state index contributed by atoms with van der Waals surface area (Å²) in [6, 6.07) is 3.94. The molecule has 5 unspecified atom stereocenters. The molecule has 0 aromatic heterocycles. The van der Waals surface area contributed by atoms with Gasteiger partial charge in [0, 0.05) is 17.9 Å². The van der Waals surface area contributed by atoms with Crippen LogP contribution in [0.5, 0.6) is 0 Å². The minimum Gasteiger partial charge on any atom is -0.480 e. The molecule has 7 N–H and O–H groups in total. The Bertz CT molecular complexity index is 765. The second kappa shape index (κ2) is 13.2.